The molecule has 4 aliphatic carbocycles. The molecule has 0 saturated heterocycles. The normalized spacial score (nSPS) is 43.7. The molecule has 178 valence electrons. The molecule has 4 rings (SSSR count). The molecule has 0 aromatic rings. The van der Waals surface area contributed by atoms with E-state index in [1.54, 1.807) is 0 Å². The van der Waals surface area contributed by atoms with Crippen LogP contribution in [0.2, 0.25) is 0 Å². The molecule has 3 fully saturated rings. The molecule has 0 unspecified atom stereocenters. The quantitative estimate of drug-likeness (QED) is 0.341. The fourth-order valence-electron chi connectivity index (χ4n) is 8.91. The second kappa shape index (κ2) is 8.46. The van der Waals surface area contributed by atoms with E-state index in [2.05, 4.69) is 40.7 Å². The van der Waals surface area contributed by atoms with E-state index in [1.807, 2.05) is 0 Å². The Bertz CT molecular complexity index is 799. The van der Waals surface area contributed by atoms with Gasteiger partial charge in [-0.15, -0.1) is 0 Å². The van der Waals surface area contributed by atoms with Crippen molar-refractivity contribution in [2.24, 2.45) is 46.3 Å². The number of hydrogen-bond acceptors (Lipinski definition) is 2. The number of rotatable bonds is 6. The molecule has 0 heterocycles. The van der Waals surface area contributed by atoms with Crippen LogP contribution in [0.1, 0.15) is 105 Å². The summed E-state index contributed by atoms with van der Waals surface area (Å²) in [5.74, 6) is 4.82. The van der Waals surface area contributed by atoms with Gasteiger partial charge in [0.1, 0.15) is 0 Å². The molecule has 3 saturated carbocycles. The highest BCUT2D eigenvalue weighted by Gasteiger charge is 2.59. The second-order valence-corrected chi connectivity index (χ2v) is 14.4. The highest BCUT2D eigenvalue weighted by atomic mass is 32.2. The maximum atomic E-state index is 11.8. The van der Waals surface area contributed by atoms with Crippen molar-refractivity contribution >= 4 is 10.1 Å². The summed E-state index contributed by atoms with van der Waals surface area (Å²) in [6, 6.07) is 0. The van der Waals surface area contributed by atoms with Gasteiger partial charge in [0.25, 0.3) is 10.1 Å². The van der Waals surface area contributed by atoms with Crippen molar-refractivity contribution in [2.75, 3.05) is 0 Å². The van der Waals surface area contributed by atoms with Crippen LogP contribution >= 0.6 is 0 Å². The minimum atomic E-state index is -3.93. The first-order valence-corrected chi connectivity index (χ1v) is 14.6. The number of hydrogen-bond donors (Lipinski definition) is 1. The van der Waals surface area contributed by atoms with Crippen LogP contribution in [-0.4, -0.2) is 18.2 Å². The average molecular weight is 451 g/mol. The summed E-state index contributed by atoms with van der Waals surface area (Å²) in [5, 5.41) is -0.584. The second-order valence-electron chi connectivity index (χ2n) is 12.7. The predicted octanol–water partition coefficient (Wildman–Crippen LogP) is 7.28. The van der Waals surface area contributed by atoms with E-state index in [1.165, 1.54) is 50.5 Å². The Morgan fingerprint density at radius 1 is 1.03 bits per heavy atom. The van der Waals surface area contributed by atoms with E-state index < -0.39 is 15.4 Å². The van der Waals surface area contributed by atoms with Crippen LogP contribution < -0.4 is 0 Å². The van der Waals surface area contributed by atoms with Gasteiger partial charge in [-0.2, -0.15) is 8.42 Å². The zero-order chi connectivity index (χ0) is 22.6. The fourth-order valence-corrected chi connectivity index (χ4v) is 9.71. The molecule has 0 amide bonds. The van der Waals surface area contributed by atoms with Gasteiger partial charge in [-0.1, -0.05) is 65.5 Å². The van der Waals surface area contributed by atoms with E-state index in [4.69, 9.17) is 0 Å². The zero-order valence-electron chi connectivity index (χ0n) is 20.6. The van der Waals surface area contributed by atoms with Gasteiger partial charge in [0.05, 0.1) is 5.25 Å². The SMILES string of the molecule is CC(C)CCC[C@@H](C)[C@H]1CC[C@H]2[C@@H]3CC=C4C[C@@H](S(=O)(=O)O)CC[C@]4(C)[C@H]3CC[C@]12C. The summed E-state index contributed by atoms with van der Waals surface area (Å²) in [7, 11) is -3.93. The molecule has 4 heteroatoms. The van der Waals surface area contributed by atoms with Gasteiger partial charge in [0.15, 0.2) is 0 Å². The van der Waals surface area contributed by atoms with Crippen LogP contribution in [0.25, 0.3) is 0 Å². The summed E-state index contributed by atoms with van der Waals surface area (Å²) in [6.45, 7) is 12.3. The maximum absolute atomic E-state index is 11.8. The lowest BCUT2D eigenvalue weighted by molar-refractivity contribution is -0.0499. The zero-order valence-corrected chi connectivity index (χ0v) is 21.4. The van der Waals surface area contributed by atoms with Crippen molar-refractivity contribution in [2.45, 2.75) is 110 Å². The van der Waals surface area contributed by atoms with Crippen molar-refractivity contribution < 1.29 is 13.0 Å². The van der Waals surface area contributed by atoms with E-state index in [0.717, 1.165) is 42.4 Å². The third kappa shape index (κ3) is 4.18. The first-order valence-electron chi connectivity index (χ1n) is 13.1. The van der Waals surface area contributed by atoms with Crippen molar-refractivity contribution in [3.8, 4) is 0 Å². The van der Waals surface area contributed by atoms with E-state index in [9.17, 15) is 13.0 Å². The molecule has 0 spiro atoms. The average Bonchev–Trinajstić information content (AvgIpc) is 3.03. The summed E-state index contributed by atoms with van der Waals surface area (Å²) >= 11 is 0. The van der Waals surface area contributed by atoms with Crippen LogP contribution in [0.15, 0.2) is 11.6 Å². The Morgan fingerprint density at radius 3 is 2.45 bits per heavy atom. The van der Waals surface area contributed by atoms with Gasteiger partial charge in [-0.05, 0) is 97.7 Å². The van der Waals surface area contributed by atoms with E-state index in [0.29, 0.717) is 24.2 Å². The molecule has 31 heavy (non-hydrogen) atoms. The fraction of sp³-hybridized carbons (Fsp3) is 0.926. The third-order valence-electron chi connectivity index (χ3n) is 10.7. The lowest BCUT2D eigenvalue weighted by atomic mass is 9.47. The van der Waals surface area contributed by atoms with Crippen molar-refractivity contribution in [1.82, 2.24) is 0 Å². The minimum Gasteiger partial charge on any atom is -0.285 e. The van der Waals surface area contributed by atoms with Crippen LogP contribution in [0, 0.1) is 46.3 Å². The maximum Gasteiger partial charge on any atom is 0.268 e. The minimum absolute atomic E-state index is 0.145. The lowest BCUT2D eigenvalue weighted by Gasteiger charge is -2.58. The summed E-state index contributed by atoms with van der Waals surface area (Å²) in [6.07, 6.45) is 15.2. The molecule has 1 N–H and O–H groups in total. The molecule has 0 aromatic heterocycles. The molecular weight excluding hydrogens is 404 g/mol. The molecule has 0 bridgehead atoms. The largest absolute Gasteiger partial charge is 0.285 e. The van der Waals surface area contributed by atoms with Gasteiger partial charge in [0, 0.05) is 0 Å². The first kappa shape index (κ1) is 23.8. The molecule has 0 radical (unpaired) electrons. The van der Waals surface area contributed by atoms with Crippen molar-refractivity contribution in [3.63, 3.8) is 0 Å². The summed E-state index contributed by atoms with van der Waals surface area (Å²) in [5.41, 5.74) is 1.97. The predicted molar refractivity (Wildman–Crippen MR) is 128 cm³/mol. The summed E-state index contributed by atoms with van der Waals surface area (Å²) < 4.78 is 33.2. The number of fused-ring (bicyclic) bond motifs is 5. The van der Waals surface area contributed by atoms with Crippen LogP contribution in [0.4, 0.5) is 0 Å². The molecule has 4 aliphatic rings. The van der Waals surface area contributed by atoms with Gasteiger partial charge < -0.3 is 0 Å². The summed E-state index contributed by atoms with van der Waals surface area (Å²) in [4.78, 5) is 0. The van der Waals surface area contributed by atoms with Crippen LogP contribution in [0.3, 0.4) is 0 Å². The standard InChI is InChI=1S/C27H46O3S/c1-18(2)7-6-8-19(3)23-11-12-24-22-10-9-20-17-21(31(28,29)30)13-15-26(20,4)25(22)14-16-27(23,24)5/h9,18-19,21-25H,6-8,10-17H2,1-5H3,(H,28,29,30)/t19-,21+,22+,23-,24+,25+,26+,27-/m1/s1. The van der Waals surface area contributed by atoms with Gasteiger partial charge in [0.2, 0.25) is 0 Å². The Kier molecular flexibility index (Phi) is 6.49. The van der Waals surface area contributed by atoms with Crippen molar-refractivity contribution in [3.05, 3.63) is 11.6 Å². The Labute approximate surface area is 191 Å². The molecule has 0 aliphatic heterocycles. The smallest absolute Gasteiger partial charge is 0.268 e. The first-order chi connectivity index (χ1) is 14.5. The number of allylic oxidation sites excluding steroid dienone is 2. The highest BCUT2D eigenvalue weighted by molar-refractivity contribution is 7.86. The molecule has 8 atom stereocenters. The topological polar surface area (TPSA) is 54.4 Å². The van der Waals surface area contributed by atoms with Crippen LogP contribution in [0.5, 0.6) is 0 Å². The van der Waals surface area contributed by atoms with Crippen molar-refractivity contribution in [1.29, 1.82) is 0 Å². The Hall–Kier alpha value is -0.350. The molecule has 3 nitrogen and oxygen atoms in total. The third-order valence-corrected chi connectivity index (χ3v) is 11.9. The molecule has 0 aromatic carbocycles. The molecular formula is C27H46O3S. The highest BCUT2D eigenvalue weighted by Crippen LogP contribution is 2.67. The Morgan fingerprint density at radius 2 is 1.77 bits per heavy atom. The Balaban J connectivity index is 1.50. The monoisotopic (exact) mass is 450 g/mol. The van der Waals surface area contributed by atoms with E-state index in [-0.39, 0.29) is 5.41 Å². The van der Waals surface area contributed by atoms with Gasteiger partial charge >= 0.3 is 0 Å². The van der Waals surface area contributed by atoms with Gasteiger partial charge in [-0.25, -0.2) is 0 Å². The van der Waals surface area contributed by atoms with Crippen LogP contribution in [-0.2, 0) is 10.1 Å². The lowest BCUT2D eigenvalue weighted by Crippen LogP contribution is -2.51. The van der Waals surface area contributed by atoms with Gasteiger partial charge in [-0.3, -0.25) is 4.55 Å². The van der Waals surface area contributed by atoms with E-state index >= 15 is 0 Å².